The maximum Gasteiger partial charge on any atom is 0.241 e. The minimum atomic E-state index is -0.0159. The van der Waals surface area contributed by atoms with E-state index in [1.807, 2.05) is 61.2 Å². The van der Waals surface area contributed by atoms with Crippen molar-refractivity contribution < 1.29 is 14.3 Å². The Kier molecular flexibility index (Phi) is 9.06. The molecule has 0 aliphatic carbocycles. The third-order valence-corrected chi connectivity index (χ3v) is 6.42. The standard InChI is InChI=1S/C27H34N4O3/c1-21-5-9-24(19-22(21)2)31(14-4-13-28)27(33)20-29-15-17-30(18-16-29)26(32)12-8-23-6-10-25(34-3)11-7-23/h5-7,9-11,19H,4,8,12,14-18,20H2,1-3H3. The van der Waals surface area contributed by atoms with Crippen LogP contribution in [0.5, 0.6) is 5.75 Å². The summed E-state index contributed by atoms with van der Waals surface area (Å²) in [5, 5.41) is 9.04. The lowest BCUT2D eigenvalue weighted by Crippen LogP contribution is -2.51. The number of benzene rings is 2. The molecule has 180 valence electrons. The van der Waals surface area contributed by atoms with E-state index in [-0.39, 0.29) is 24.8 Å². The lowest BCUT2D eigenvalue weighted by molar-refractivity contribution is -0.133. The molecule has 0 atom stereocenters. The van der Waals surface area contributed by atoms with Gasteiger partial charge in [0.05, 0.1) is 26.1 Å². The highest BCUT2D eigenvalue weighted by Gasteiger charge is 2.24. The number of piperazine rings is 1. The number of ether oxygens (including phenoxy) is 1. The maximum atomic E-state index is 13.1. The molecule has 1 aliphatic heterocycles. The van der Waals surface area contributed by atoms with Crippen molar-refractivity contribution in [2.75, 3.05) is 51.3 Å². The monoisotopic (exact) mass is 462 g/mol. The Morgan fingerprint density at radius 1 is 1.03 bits per heavy atom. The second-order valence-electron chi connectivity index (χ2n) is 8.73. The molecular weight excluding hydrogens is 428 g/mol. The number of carbonyl (C=O) groups excluding carboxylic acids is 2. The van der Waals surface area contributed by atoms with Gasteiger partial charge in [0.15, 0.2) is 0 Å². The van der Waals surface area contributed by atoms with E-state index < -0.39 is 0 Å². The van der Waals surface area contributed by atoms with Crippen LogP contribution in [0.4, 0.5) is 5.69 Å². The lowest BCUT2D eigenvalue weighted by atomic mass is 10.1. The first kappa shape index (κ1) is 25.3. The van der Waals surface area contributed by atoms with Crippen molar-refractivity contribution in [3.05, 3.63) is 59.2 Å². The van der Waals surface area contributed by atoms with E-state index in [9.17, 15) is 9.59 Å². The van der Waals surface area contributed by atoms with Crippen LogP contribution in [-0.2, 0) is 16.0 Å². The summed E-state index contributed by atoms with van der Waals surface area (Å²) in [6.07, 6.45) is 1.46. The highest BCUT2D eigenvalue weighted by molar-refractivity contribution is 5.95. The smallest absolute Gasteiger partial charge is 0.241 e. The molecule has 34 heavy (non-hydrogen) atoms. The van der Waals surface area contributed by atoms with E-state index in [2.05, 4.69) is 11.0 Å². The van der Waals surface area contributed by atoms with Gasteiger partial charge in [-0.15, -0.1) is 0 Å². The van der Waals surface area contributed by atoms with Crippen LogP contribution >= 0.6 is 0 Å². The second-order valence-corrected chi connectivity index (χ2v) is 8.73. The molecule has 0 bridgehead atoms. The molecule has 7 heteroatoms. The van der Waals surface area contributed by atoms with Gasteiger partial charge in [-0.2, -0.15) is 5.26 Å². The number of aryl methyl sites for hydroxylation is 3. The lowest BCUT2D eigenvalue weighted by Gasteiger charge is -2.35. The van der Waals surface area contributed by atoms with Crippen molar-refractivity contribution in [1.29, 1.82) is 5.26 Å². The van der Waals surface area contributed by atoms with Gasteiger partial charge in [-0.1, -0.05) is 18.2 Å². The summed E-state index contributed by atoms with van der Waals surface area (Å²) in [7, 11) is 1.64. The van der Waals surface area contributed by atoms with Crippen LogP contribution < -0.4 is 9.64 Å². The van der Waals surface area contributed by atoms with Gasteiger partial charge in [0.25, 0.3) is 0 Å². The first-order valence-corrected chi connectivity index (χ1v) is 11.8. The van der Waals surface area contributed by atoms with Gasteiger partial charge in [0.2, 0.25) is 11.8 Å². The van der Waals surface area contributed by atoms with Crippen molar-refractivity contribution >= 4 is 17.5 Å². The molecule has 0 unspecified atom stereocenters. The van der Waals surface area contributed by atoms with Crippen LogP contribution in [0.2, 0.25) is 0 Å². The Balaban J connectivity index is 1.50. The molecule has 0 N–H and O–H groups in total. The van der Waals surface area contributed by atoms with Crippen molar-refractivity contribution in [2.24, 2.45) is 0 Å². The largest absolute Gasteiger partial charge is 0.497 e. The third-order valence-electron chi connectivity index (χ3n) is 6.42. The molecule has 3 rings (SSSR count). The second kappa shape index (κ2) is 12.2. The van der Waals surface area contributed by atoms with Gasteiger partial charge in [-0.25, -0.2) is 0 Å². The van der Waals surface area contributed by atoms with Crippen LogP contribution in [0.3, 0.4) is 0 Å². The Morgan fingerprint density at radius 3 is 2.35 bits per heavy atom. The summed E-state index contributed by atoms with van der Waals surface area (Å²) in [5.41, 5.74) is 4.23. The highest BCUT2D eigenvalue weighted by atomic mass is 16.5. The molecule has 2 aromatic carbocycles. The molecule has 1 heterocycles. The Hall–Kier alpha value is -3.37. The zero-order valence-corrected chi connectivity index (χ0v) is 20.4. The number of nitrogens with zero attached hydrogens (tertiary/aromatic N) is 4. The molecule has 7 nitrogen and oxygen atoms in total. The zero-order valence-electron chi connectivity index (χ0n) is 20.4. The van der Waals surface area contributed by atoms with Crippen molar-refractivity contribution in [2.45, 2.75) is 33.1 Å². The normalized spacial score (nSPS) is 13.9. The Morgan fingerprint density at radius 2 is 1.74 bits per heavy atom. The molecule has 1 saturated heterocycles. The number of hydrogen-bond donors (Lipinski definition) is 0. The van der Waals surface area contributed by atoms with Crippen LogP contribution in [0.25, 0.3) is 0 Å². The number of nitriles is 1. The summed E-state index contributed by atoms with van der Waals surface area (Å²) in [4.78, 5) is 31.5. The van der Waals surface area contributed by atoms with E-state index in [0.717, 1.165) is 22.6 Å². The first-order chi connectivity index (χ1) is 16.4. The first-order valence-electron chi connectivity index (χ1n) is 11.8. The van der Waals surface area contributed by atoms with Gasteiger partial charge in [0.1, 0.15) is 5.75 Å². The molecule has 0 spiro atoms. The number of anilines is 1. The summed E-state index contributed by atoms with van der Waals surface area (Å²) in [5.74, 6) is 0.940. The predicted octanol–water partition coefficient (Wildman–Crippen LogP) is 3.34. The molecule has 2 amide bonds. The maximum absolute atomic E-state index is 13.1. The van der Waals surface area contributed by atoms with Gasteiger partial charge in [-0.05, 0) is 61.2 Å². The van der Waals surface area contributed by atoms with E-state index in [0.29, 0.717) is 45.6 Å². The third kappa shape index (κ3) is 6.82. The summed E-state index contributed by atoms with van der Waals surface area (Å²) < 4.78 is 5.18. The Bertz CT molecular complexity index is 1020. The average molecular weight is 463 g/mol. The molecule has 2 aromatic rings. The zero-order chi connectivity index (χ0) is 24.5. The van der Waals surface area contributed by atoms with E-state index >= 15 is 0 Å². The molecule has 0 radical (unpaired) electrons. The molecule has 1 fully saturated rings. The van der Waals surface area contributed by atoms with Crippen molar-refractivity contribution in [3.8, 4) is 11.8 Å². The van der Waals surface area contributed by atoms with Crippen LogP contribution in [0, 0.1) is 25.2 Å². The van der Waals surface area contributed by atoms with E-state index in [1.54, 1.807) is 12.0 Å². The van der Waals surface area contributed by atoms with Crippen molar-refractivity contribution in [3.63, 3.8) is 0 Å². The van der Waals surface area contributed by atoms with Gasteiger partial charge in [0, 0.05) is 44.8 Å². The Labute approximate surface area is 202 Å². The summed E-state index contributed by atoms with van der Waals surface area (Å²) in [6.45, 7) is 7.30. The molecular formula is C27H34N4O3. The summed E-state index contributed by atoms with van der Waals surface area (Å²) in [6, 6.07) is 15.9. The van der Waals surface area contributed by atoms with Crippen molar-refractivity contribution in [1.82, 2.24) is 9.80 Å². The number of carbonyl (C=O) groups is 2. The van der Waals surface area contributed by atoms with E-state index in [4.69, 9.17) is 10.00 Å². The van der Waals surface area contributed by atoms with Gasteiger partial charge >= 0.3 is 0 Å². The van der Waals surface area contributed by atoms with Crippen LogP contribution in [-0.4, -0.2) is 68.0 Å². The fraction of sp³-hybridized carbons (Fsp3) is 0.444. The van der Waals surface area contributed by atoms with Gasteiger partial charge in [-0.3, -0.25) is 14.5 Å². The topological polar surface area (TPSA) is 76.9 Å². The van der Waals surface area contributed by atoms with Crippen LogP contribution in [0.15, 0.2) is 42.5 Å². The number of hydrogen-bond acceptors (Lipinski definition) is 5. The SMILES string of the molecule is COc1ccc(CCC(=O)N2CCN(CC(=O)N(CCC#N)c3ccc(C)c(C)c3)CC2)cc1. The fourth-order valence-electron chi connectivity index (χ4n) is 4.09. The molecule has 1 aliphatic rings. The number of amides is 2. The quantitative estimate of drug-likeness (QED) is 0.571. The highest BCUT2D eigenvalue weighted by Crippen LogP contribution is 2.20. The van der Waals surface area contributed by atoms with Gasteiger partial charge < -0.3 is 14.5 Å². The average Bonchev–Trinajstić information content (AvgIpc) is 2.85. The minimum absolute atomic E-state index is 0.0159. The molecule has 0 aromatic heterocycles. The summed E-state index contributed by atoms with van der Waals surface area (Å²) >= 11 is 0. The fourth-order valence-corrected chi connectivity index (χ4v) is 4.09. The minimum Gasteiger partial charge on any atom is -0.497 e. The predicted molar refractivity (Wildman–Crippen MR) is 133 cm³/mol. The number of methoxy groups -OCH3 is 1. The van der Waals surface area contributed by atoms with E-state index in [1.165, 1.54) is 5.56 Å². The van der Waals surface area contributed by atoms with Crippen LogP contribution in [0.1, 0.15) is 29.5 Å². The number of rotatable bonds is 9. The molecule has 0 saturated carbocycles.